The molecular formula is C14H25N3. The SMILES string of the molecule is CC(C)(CN=C(N)NC1CCC1)C1=CCCC1. The third-order valence-corrected chi connectivity index (χ3v) is 4.01. The third-order valence-electron chi connectivity index (χ3n) is 4.01. The van der Waals surface area contributed by atoms with E-state index in [0.717, 1.165) is 6.54 Å². The van der Waals surface area contributed by atoms with Crippen LogP contribution in [0.15, 0.2) is 16.6 Å². The van der Waals surface area contributed by atoms with Crippen molar-refractivity contribution in [2.75, 3.05) is 6.54 Å². The van der Waals surface area contributed by atoms with Crippen LogP contribution in [0.1, 0.15) is 52.4 Å². The maximum absolute atomic E-state index is 5.91. The number of nitrogens with zero attached hydrogens (tertiary/aromatic N) is 1. The fourth-order valence-corrected chi connectivity index (χ4v) is 2.48. The number of nitrogens with one attached hydrogen (secondary N) is 1. The molecule has 0 saturated heterocycles. The Morgan fingerprint density at radius 1 is 1.47 bits per heavy atom. The van der Waals surface area contributed by atoms with Gasteiger partial charge in [-0.3, -0.25) is 4.99 Å². The second-order valence-corrected chi connectivity index (χ2v) is 5.98. The van der Waals surface area contributed by atoms with Crippen LogP contribution >= 0.6 is 0 Å². The van der Waals surface area contributed by atoms with Crippen molar-refractivity contribution in [2.45, 2.75) is 58.4 Å². The van der Waals surface area contributed by atoms with E-state index in [9.17, 15) is 0 Å². The number of hydrogen-bond donors (Lipinski definition) is 2. The molecule has 1 fully saturated rings. The summed E-state index contributed by atoms with van der Waals surface area (Å²) in [5, 5.41) is 3.29. The molecule has 0 aromatic carbocycles. The second kappa shape index (κ2) is 5.11. The highest BCUT2D eigenvalue weighted by Crippen LogP contribution is 2.34. The lowest BCUT2D eigenvalue weighted by Crippen LogP contribution is -2.44. The van der Waals surface area contributed by atoms with Gasteiger partial charge in [0.25, 0.3) is 0 Å². The Morgan fingerprint density at radius 3 is 2.76 bits per heavy atom. The van der Waals surface area contributed by atoms with Crippen LogP contribution < -0.4 is 11.1 Å². The molecule has 0 amide bonds. The first kappa shape index (κ1) is 12.5. The maximum atomic E-state index is 5.91. The van der Waals surface area contributed by atoms with E-state index in [1.165, 1.54) is 38.5 Å². The molecule has 0 atom stereocenters. The van der Waals surface area contributed by atoms with Gasteiger partial charge in [0.15, 0.2) is 5.96 Å². The lowest BCUT2D eigenvalue weighted by Gasteiger charge is -2.28. The molecule has 2 rings (SSSR count). The van der Waals surface area contributed by atoms with Crippen LogP contribution in [0.4, 0.5) is 0 Å². The number of hydrogen-bond acceptors (Lipinski definition) is 1. The Morgan fingerprint density at radius 2 is 2.24 bits per heavy atom. The standard InChI is InChI=1S/C14H25N3/c1-14(2,11-6-3-4-7-11)10-16-13(15)17-12-8-5-9-12/h6,12H,3-5,7-10H2,1-2H3,(H3,15,16,17). The maximum Gasteiger partial charge on any atom is 0.188 e. The van der Waals surface area contributed by atoms with E-state index in [1.807, 2.05) is 0 Å². The Kier molecular flexibility index (Phi) is 3.75. The molecule has 3 N–H and O–H groups in total. The lowest BCUT2D eigenvalue weighted by molar-refractivity contribution is 0.380. The minimum Gasteiger partial charge on any atom is -0.370 e. The Hall–Kier alpha value is -0.990. The molecule has 0 aromatic heterocycles. The second-order valence-electron chi connectivity index (χ2n) is 5.98. The summed E-state index contributed by atoms with van der Waals surface area (Å²) in [7, 11) is 0. The summed E-state index contributed by atoms with van der Waals surface area (Å²) >= 11 is 0. The molecule has 0 aliphatic heterocycles. The Labute approximate surface area is 105 Å². The average Bonchev–Trinajstić information content (AvgIpc) is 2.74. The van der Waals surface area contributed by atoms with Gasteiger partial charge >= 0.3 is 0 Å². The van der Waals surface area contributed by atoms with E-state index in [1.54, 1.807) is 5.57 Å². The van der Waals surface area contributed by atoms with Gasteiger partial charge in [0.1, 0.15) is 0 Å². The quantitative estimate of drug-likeness (QED) is 0.447. The van der Waals surface area contributed by atoms with Gasteiger partial charge < -0.3 is 11.1 Å². The van der Waals surface area contributed by atoms with Gasteiger partial charge in [0.2, 0.25) is 0 Å². The summed E-state index contributed by atoms with van der Waals surface area (Å²) < 4.78 is 0. The summed E-state index contributed by atoms with van der Waals surface area (Å²) in [6, 6.07) is 0.576. The molecular weight excluding hydrogens is 210 g/mol. The number of rotatable bonds is 4. The van der Waals surface area contributed by atoms with Crippen LogP contribution in [0.25, 0.3) is 0 Å². The monoisotopic (exact) mass is 235 g/mol. The zero-order valence-corrected chi connectivity index (χ0v) is 11.1. The number of allylic oxidation sites excluding steroid dienone is 1. The minimum absolute atomic E-state index is 0.169. The molecule has 17 heavy (non-hydrogen) atoms. The van der Waals surface area contributed by atoms with Gasteiger partial charge in [-0.15, -0.1) is 0 Å². The topological polar surface area (TPSA) is 50.4 Å². The molecule has 0 unspecified atom stereocenters. The van der Waals surface area contributed by atoms with Gasteiger partial charge in [0, 0.05) is 11.5 Å². The van der Waals surface area contributed by atoms with Crippen molar-refractivity contribution in [2.24, 2.45) is 16.1 Å². The summed E-state index contributed by atoms with van der Waals surface area (Å²) in [5.74, 6) is 0.626. The molecule has 96 valence electrons. The molecule has 3 nitrogen and oxygen atoms in total. The molecule has 0 aromatic rings. The van der Waals surface area contributed by atoms with Crippen LogP contribution in [0.5, 0.6) is 0 Å². The van der Waals surface area contributed by atoms with E-state index in [2.05, 4.69) is 30.2 Å². The minimum atomic E-state index is 0.169. The molecule has 0 bridgehead atoms. The summed E-state index contributed by atoms with van der Waals surface area (Å²) in [6.45, 7) is 5.33. The largest absolute Gasteiger partial charge is 0.370 e. The average molecular weight is 235 g/mol. The number of aliphatic imine (C=N–C) groups is 1. The molecule has 2 aliphatic carbocycles. The molecule has 0 radical (unpaired) electrons. The first-order valence-corrected chi connectivity index (χ1v) is 6.84. The first-order valence-electron chi connectivity index (χ1n) is 6.84. The van der Waals surface area contributed by atoms with Crippen molar-refractivity contribution in [3.8, 4) is 0 Å². The molecule has 1 saturated carbocycles. The normalized spacial score (nSPS) is 22.2. The van der Waals surface area contributed by atoms with Crippen LogP contribution in [0, 0.1) is 5.41 Å². The highest BCUT2D eigenvalue weighted by Gasteiger charge is 2.25. The lowest BCUT2D eigenvalue weighted by atomic mass is 9.84. The van der Waals surface area contributed by atoms with Gasteiger partial charge in [-0.2, -0.15) is 0 Å². The highest BCUT2D eigenvalue weighted by molar-refractivity contribution is 5.78. The first-order chi connectivity index (χ1) is 8.08. The van der Waals surface area contributed by atoms with Crippen LogP contribution in [-0.4, -0.2) is 18.5 Å². The van der Waals surface area contributed by atoms with Crippen LogP contribution in [-0.2, 0) is 0 Å². The Bertz CT molecular complexity index is 324. The van der Waals surface area contributed by atoms with E-state index < -0.39 is 0 Å². The highest BCUT2D eigenvalue weighted by atomic mass is 15.1. The van der Waals surface area contributed by atoms with Crippen molar-refractivity contribution in [1.29, 1.82) is 0 Å². The number of nitrogens with two attached hydrogens (primary N) is 1. The van der Waals surface area contributed by atoms with Crippen molar-refractivity contribution >= 4 is 5.96 Å². The summed E-state index contributed by atoms with van der Waals surface area (Å²) in [6.07, 6.45) is 9.96. The zero-order chi connectivity index (χ0) is 12.3. The van der Waals surface area contributed by atoms with Crippen molar-refractivity contribution in [1.82, 2.24) is 5.32 Å². The predicted octanol–water partition coefficient (Wildman–Crippen LogP) is 2.58. The van der Waals surface area contributed by atoms with Crippen LogP contribution in [0.3, 0.4) is 0 Å². The third kappa shape index (κ3) is 3.24. The van der Waals surface area contributed by atoms with Gasteiger partial charge in [-0.1, -0.05) is 25.5 Å². The van der Waals surface area contributed by atoms with E-state index in [-0.39, 0.29) is 5.41 Å². The van der Waals surface area contributed by atoms with Crippen molar-refractivity contribution < 1.29 is 0 Å². The van der Waals surface area contributed by atoms with Gasteiger partial charge in [0.05, 0.1) is 6.54 Å². The summed E-state index contributed by atoms with van der Waals surface area (Å²) in [5.41, 5.74) is 7.63. The van der Waals surface area contributed by atoms with Crippen molar-refractivity contribution in [3.05, 3.63) is 11.6 Å². The smallest absolute Gasteiger partial charge is 0.188 e. The predicted molar refractivity (Wildman–Crippen MR) is 73.0 cm³/mol. The fraction of sp³-hybridized carbons (Fsp3) is 0.786. The van der Waals surface area contributed by atoms with Crippen LogP contribution in [0.2, 0.25) is 0 Å². The molecule has 0 spiro atoms. The number of guanidine groups is 1. The van der Waals surface area contributed by atoms with Crippen molar-refractivity contribution in [3.63, 3.8) is 0 Å². The zero-order valence-electron chi connectivity index (χ0n) is 11.1. The van der Waals surface area contributed by atoms with E-state index in [4.69, 9.17) is 5.73 Å². The van der Waals surface area contributed by atoms with Gasteiger partial charge in [-0.05, 0) is 38.5 Å². The summed E-state index contributed by atoms with van der Waals surface area (Å²) in [4.78, 5) is 4.50. The molecule has 3 heteroatoms. The molecule has 2 aliphatic rings. The van der Waals surface area contributed by atoms with E-state index >= 15 is 0 Å². The fourth-order valence-electron chi connectivity index (χ4n) is 2.48. The Balaban J connectivity index is 1.84. The van der Waals surface area contributed by atoms with Gasteiger partial charge in [-0.25, -0.2) is 0 Å². The molecule has 0 heterocycles. The van der Waals surface area contributed by atoms with E-state index in [0.29, 0.717) is 12.0 Å².